The molecule has 0 bridgehead atoms. The first kappa shape index (κ1) is 23.6. The van der Waals surface area contributed by atoms with Crippen LogP contribution < -0.4 is 0 Å². The predicted octanol–water partition coefficient (Wildman–Crippen LogP) is 6.60. The van der Waals surface area contributed by atoms with Gasteiger partial charge in [0, 0.05) is 24.0 Å². The zero-order valence-corrected chi connectivity index (χ0v) is 20.7. The van der Waals surface area contributed by atoms with Crippen LogP contribution in [0.5, 0.6) is 0 Å². The summed E-state index contributed by atoms with van der Waals surface area (Å²) < 4.78 is 5.47. The number of hydrogen-bond acceptors (Lipinski definition) is 4. The second-order valence-corrected chi connectivity index (χ2v) is 9.37. The van der Waals surface area contributed by atoms with Crippen LogP contribution in [0, 0.1) is 0 Å². The van der Waals surface area contributed by atoms with Gasteiger partial charge in [0.2, 0.25) is 0 Å². The van der Waals surface area contributed by atoms with E-state index in [1.165, 1.54) is 5.56 Å². The number of rotatable bonds is 4. The Morgan fingerprint density at radius 1 is 0.914 bits per heavy atom. The summed E-state index contributed by atoms with van der Waals surface area (Å²) in [5.74, 6) is -0.856. The van der Waals surface area contributed by atoms with E-state index in [2.05, 4.69) is 11.1 Å². The first-order chi connectivity index (χ1) is 16.9. The summed E-state index contributed by atoms with van der Waals surface area (Å²) in [6, 6.07) is 20.2. The molecule has 35 heavy (non-hydrogen) atoms. The number of carbonyl (C=O) groups excluding carboxylic acids is 2. The zero-order valence-electron chi connectivity index (χ0n) is 18.4. The minimum Gasteiger partial charge on any atom is -0.452 e. The Kier molecular flexibility index (Phi) is 6.65. The molecule has 3 aromatic carbocycles. The van der Waals surface area contributed by atoms with Crippen LogP contribution in [0.4, 0.5) is 0 Å². The van der Waals surface area contributed by atoms with Gasteiger partial charge in [-0.15, -0.1) is 0 Å². The summed E-state index contributed by atoms with van der Waals surface area (Å²) in [4.78, 5) is 32.3. The van der Waals surface area contributed by atoms with Gasteiger partial charge in [0.1, 0.15) is 0 Å². The van der Waals surface area contributed by atoms with E-state index in [4.69, 9.17) is 39.5 Å². The van der Waals surface area contributed by atoms with Crippen molar-refractivity contribution in [2.75, 3.05) is 13.2 Å². The van der Waals surface area contributed by atoms with Crippen molar-refractivity contribution in [1.82, 2.24) is 9.88 Å². The van der Waals surface area contributed by atoms with E-state index in [-0.39, 0.29) is 28.1 Å². The number of carbonyl (C=O) groups is 2. The third kappa shape index (κ3) is 4.72. The average molecular weight is 526 g/mol. The fourth-order valence-electron chi connectivity index (χ4n) is 4.21. The lowest BCUT2D eigenvalue weighted by Crippen LogP contribution is -2.38. The van der Waals surface area contributed by atoms with Crippen molar-refractivity contribution >= 4 is 57.6 Å². The normalized spacial score (nSPS) is 12.9. The van der Waals surface area contributed by atoms with Crippen LogP contribution in [-0.2, 0) is 22.5 Å². The van der Waals surface area contributed by atoms with E-state index in [1.807, 2.05) is 30.3 Å². The molecular formula is C27H19Cl3N2O3. The average Bonchev–Trinajstić information content (AvgIpc) is 2.89. The molecule has 0 fully saturated rings. The quantitative estimate of drug-likeness (QED) is 0.222. The Morgan fingerprint density at radius 3 is 2.49 bits per heavy atom. The van der Waals surface area contributed by atoms with Gasteiger partial charge in [-0.25, -0.2) is 9.78 Å². The molecule has 176 valence electrons. The summed E-state index contributed by atoms with van der Waals surface area (Å²) in [7, 11) is 0. The van der Waals surface area contributed by atoms with Crippen molar-refractivity contribution in [3.63, 3.8) is 0 Å². The van der Waals surface area contributed by atoms with Crippen LogP contribution in [0.15, 0.2) is 66.7 Å². The standard InChI is InChI=1S/C27H19Cl3N2O3/c28-21-10-9-19(25(29)26(21)30)23-13-20(18-7-3-4-8-22(18)31-23)27(34)35-15-24(33)32-12-11-16-5-1-2-6-17(16)14-32/h1-10,13H,11-12,14-15H2. The lowest BCUT2D eigenvalue weighted by molar-refractivity contribution is -0.135. The van der Waals surface area contributed by atoms with Crippen LogP contribution in [0.1, 0.15) is 21.5 Å². The molecule has 5 rings (SSSR count). The highest BCUT2D eigenvalue weighted by Gasteiger charge is 2.23. The maximum atomic E-state index is 13.1. The van der Waals surface area contributed by atoms with Crippen LogP contribution in [0.3, 0.4) is 0 Å². The van der Waals surface area contributed by atoms with Gasteiger partial charge in [0.25, 0.3) is 5.91 Å². The minimum atomic E-state index is -0.619. The third-order valence-corrected chi connectivity index (χ3v) is 7.35. The van der Waals surface area contributed by atoms with Gasteiger partial charge in [-0.3, -0.25) is 4.79 Å². The highest BCUT2D eigenvalue weighted by atomic mass is 35.5. The van der Waals surface area contributed by atoms with E-state index >= 15 is 0 Å². The number of ether oxygens (including phenoxy) is 1. The molecule has 5 nitrogen and oxygen atoms in total. The minimum absolute atomic E-state index is 0.207. The number of fused-ring (bicyclic) bond motifs is 2. The summed E-state index contributed by atoms with van der Waals surface area (Å²) in [6.45, 7) is 0.747. The van der Waals surface area contributed by atoms with E-state index in [0.717, 1.165) is 12.0 Å². The molecule has 0 saturated heterocycles. The summed E-state index contributed by atoms with van der Waals surface area (Å²) in [6.07, 6.45) is 0.776. The fraction of sp³-hybridized carbons (Fsp3) is 0.148. The Balaban J connectivity index is 1.40. The molecule has 0 unspecified atom stereocenters. The van der Waals surface area contributed by atoms with Crippen LogP contribution in [0.2, 0.25) is 15.1 Å². The SMILES string of the molecule is O=C(OCC(=O)N1CCc2ccccc2C1)c1cc(-c2ccc(Cl)c(Cl)c2Cl)nc2ccccc12. The molecule has 4 aromatic rings. The van der Waals surface area contributed by atoms with Crippen molar-refractivity contribution in [2.45, 2.75) is 13.0 Å². The molecule has 0 N–H and O–H groups in total. The zero-order chi connectivity index (χ0) is 24.5. The first-order valence-corrected chi connectivity index (χ1v) is 12.1. The molecule has 0 saturated carbocycles. The lowest BCUT2D eigenvalue weighted by Gasteiger charge is -2.28. The Morgan fingerprint density at radius 2 is 1.66 bits per heavy atom. The van der Waals surface area contributed by atoms with Crippen LogP contribution in [0.25, 0.3) is 22.2 Å². The number of aromatic nitrogens is 1. The number of para-hydroxylation sites is 1. The number of amides is 1. The van der Waals surface area contributed by atoms with Crippen LogP contribution in [-0.4, -0.2) is 34.9 Å². The summed E-state index contributed by atoms with van der Waals surface area (Å²) in [5.41, 5.74) is 4.19. The maximum absolute atomic E-state index is 13.1. The van der Waals surface area contributed by atoms with E-state index in [9.17, 15) is 9.59 Å². The maximum Gasteiger partial charge on any atom is 0.339 e. The molecule has 0 aliphatic carbocycles. The summed E-state index contributed by atoms with van der Waals surface area (Å²) in [5, 5.41) is 1.37. The molecule has 2 heterocycles. The third-order valence-electron chi connectivity index (χ3n) is 6.06. The van der Waals surface area contributed by atoms with Crippen molar-refractivity contribution in [3.8, 4) is 11.3 Å². The molecule has 0 atom stereocenters. The van der Waals surface area contributed by atoms with Gasteiger partial charge >= 0.3 is 5.97 Å². The van der Waals surface area contributed by atoms with Gasteiger partial charge in [0.05, 0.1) is 31.8 Å². The number of hydrogen-bond donors (Lipinski definition) is 0. The summed E-state index contributed by atoms with van der Waals surface area (Å²) >= 11 is 18.7. The lowest BCUT2D eigenvalue weighted by atomic mass is 10.00. The molecule has 1 aliphatic heterocycles. The van der Waals surface area contributed by atoms with Crippen LogP contribution >= 0.6 is 34.8 Å². The van der Waals surface area contributed by atoms with Crippen molar-refractivity contribution in [1.29, 1.82) is 0 Å². The molecule has 8 heteroatoms. The highest BCUT2D eigenvalue weighted by molar-refractivity contribution is 6.49. The van der Waals surface area contributed by atoms with Gasteiger partial charge in [-0.1, -0.05) is 77.3 Å². The molecule has 0 radical (unpaired) electrons. The smallest absolute Gasteiger partial charge is 0.339 e. The van der Waals surface area contributed by atoms with Crippen molar-refractivity contribution < 1.29 is 14.3 Å². The Hall–Kier alpha value is -3.12. The van der Waals surface area contributed by atoms with Gasteiger partial charge in [-0.05, 0) is 41.8 Å². The van der Waals surface area contributed by atoms with Gasteiger partial charge < -0.3 is 9.64 Å². The van der Waals surface area contributed by atoms with E-state index in [1.54, 1.807) is 35.2 Å². The fourth-order valence-corrected chi connectivity index (χ4v) is 4.84. The second-order valence-electron chi connectivity index (χ2n) is 8.21. The van der Waals surface area contributed by atoms with Gasteiger partial charge in [-0.2, -0.15) is 0 Å². The largest absolute Gasteiger partial charge is 0.452 e. The molecule has 1 aliphatic rings. The topological polar surface area (TPSA) is 59.5 Å². The monoisotopic (exact) mass is 524 g/mol. The van der Waals surface area contributed by atoms with Crippen molar-refractivity contribution in [2.24, 2.45) is 0 Å². The number of esters is 1. The Bertz CT molecular complexity index is 1470. The van der Waals surface area contributed by atoms with Crippen molar-refractivity contribution in [3.05, 3.63) is 98.5 Å². The molecular weight excluding hydrogens is 507 g/mol. The number of nitrogens with zero attached hydrogens (tertiary/aromatic N) is 2. The van der Waals surface area contributed by atoms with Gasteiger partial charge in [0.15, 0.2) is 6.61 Å². The molecule has 1 amide bonds. The molecule has 0 spiro atoms. The highest BCUT2D eigenvalue weighted by Crippen LogP contribution is 2.38. The second kappa shape index (κ2) is 9.86. The molecule has 1 aromatic heterocycles. The van der Waals surface area contributed by atoms with E-state index in [0.29, 0.717) is 40.3 Å². The van der Waals surface area contributed by atoms with E-state index < -0.39 is 5.97 Å². The number of pyridine rings is 1. The Labute approximate surface area is 217 Å². The number of benzene rings is 3. The first-order valence-electron chi connectivity index (χ1n) is 11.0. The predicted molar refractivity (Wildman–Crippen MR) is 138 cm³/mol. The number of halogens is 3.